The summed E-state index contributed by atoms with van der Waals surface area (Å²) >= 11 is 6.86. The number of rotatable bonds is 5. The van der Waals surface area contributed by atoms with E-state index >= 15 is 0 Å². The molecule has 1 amide bonds. The first-order valence-electron chi connectivity index (χ1n) is 10.7. The molecule has 5 rings (SSSR count). The molecule has 4 aromatic rings. The molecule has 4 nitrogen and oxygen atoms in total. The van der Waals surface area contributed by atoms with Crippen molar-refractivity contribution in [2.75, 3.05) is 0 Å². The van der Waals surface area contributed by atoms with Crippen LogP contribution in [0.4, 0.5) is 4.39 Å². The minimum atomic E-state index is -0.316. The summed E-state index contributed by atoms with van der Waals surface area (Å²) in [5.41, 5.74) is 4.07. The van der Waals surface area contributed by atoms with Gasteiger partial charge in [-0.15, -0.1) is 0 Å². The number of thiocarbonyl (C=S) groups is 1. The zero-order chi connectivity index (χ0) is 23.7. The van der Waals surface area contributed by atoms with Crippen LogP contribution in [0, 0.1) is 5.82 Å². The molecule has 1 aliphatic heterocycles. The van der Waals surface area contributed by atoms with E-state index in [1.165, 1.54) is 23.9 Å². The van der Waals surface area contributed by atoms with Crippen molar-refractivity contribution >= 4 is 40.3 Å². The molecule has 1 aromatic heterocycles. The number of amides is 1. The summed E-state index contributed by atoms with van der Waals surface area (Å²) in [6, 6.07) is 25.5. The van der Waals surface area contributed by atoms with E-state index in [1.54, 1.807) is 21.7 Å². The van der Waals surface area contributed by atoms with E-state index in [1.807, 2.05) is 79.9 Å². The molecule has 0 unspecified atom stereocenters. The van der Waals surface area contributed by atoms with Gasteiger partial charge >= 0.3 is 0 Å². The lowest BCUT2D eigenvalue weighted by Gasteiger charge is -2.23. The molecule has 7 heteroatoms. The number of nitrogens with zero attached hydrogens (tertiary/aromatic N) is 3. The normalized spacial score (nSPS) is 15.8. The summed E-state index contributed by atoms with van der Waals surface area (Å²) in [4.78, 5) is 15.6. The van der Waals surface area contributed by atoms with Crippen LogP contribution in [0.3, 0.4) is 0 Å². The van der Waals surface area contributed by atoms with Crippen molar-refractivity contribution in [1.82, 2.24) is 14.7 Å². The van der Waals surface area contributed by atoms with E-state index in [-0.39, 0.29) is 17.8 Å². The Labute approximate surface area is 206 Å². The number of carbonyl (C=O) groups is 1. The molecular weight excluding hydrogens is 465 g/mol. The van der Waals surface area contributed by atoms with E-state index in [0.29, 0.717) is 14.9 Å². The predicted octanol–water partition coefficient (Wildman–Crippen LogP) is 6.64. The highest BCUT2D eigenvalue weighted by molar-refractivity contribution is 8.26. The minimum Gasteiger partial charge on any atom is -0.286 e. The summed E-state index contributed by atoms with van der Waals surface area (Å²) in [7, 11) is 0. The summed E-state index contributed by atoms with van der Waals surface area (Å²) in [6.45, 7) is 1.97. The maximum absolute atomic E-state index is 13.5. The Hall–Kier alpha value is -3.55. The monoisotopic (exact) mass is 485 g/mol. The van der Waals surface area contributed by atoms with Gasteiger partial charge in [0, 0.05) is 17.3 Å². The third kappa shape index (κ3) is 4.32. The summed E-state index contributed by atoms with van der Waals surface area (Å²) in [5, 5.41) is 4.75. The van der Waals surface area contributed by atoms with Crippen molar-refractivity contribution in [1.29, 1.82) is 0 Å². The molecule has 34 heavy (non-hydrogen) atoms. The number of halogens is 1. The highest BCUT2D eigenvalue weighted by Crippen LogP contribution is 2.39. The Morgan fingerprint density at radius 3 is 2.29 bits per heavy atom. The fourth-order valence-corrected chi connectivity index (χ4v) is 5.28. The molecule has 0 spiro atoms. The van der Waals surface area contributed by atoms with Gasteiger partial charge in [-0.05, 0) is 55.0 Å². The number of benzene rings is 3. The average molecular weight is 486 g/mol. The van der Waals surface area contributed by atoms with Crippen LogP contribution in [0.2, 0.25) is 0 Å². The molecule has 168 valence electrons. The molecule has 0 aliphatic carbocycles. The Morgan fingerprint density at radius 1 is 0.971 bits per heavy atom. The number of thioether (sulfide) groups is 1. The number of hydrogen-bond acceptors (Lipinski definition) is 4. The maximum atomic E-state index is 13.5. The first-order chi connectivity index (χ1) is 16.5. The number of para-hydroxylation sites is 1. The van der Waals surface area contributed by atoms with Crippen LogP contribution in [0.15, 0.2) is 96.0 Å². The van der Waals surface area contributed by atoms with Crippen LogP contribution < -0.4 is 0 Å². The van der Waals surface area contributed by atoms with Crippen LogP contribution in [-0.4, -0.2) is 24.9 Å². The van der Waals surface area contributed by atoms with E-state index in [0.717, 1.165) is 22.4 Å². The second kappa shape index (κ2) is 9.37. The molecule has 1 atom stereocenters. The number of carbonyl (C=O) groups excluding carboxylic acids is 1. The van der Waals surface area contributed by atoms with E-state index in [2.05, 4.69) is 0 Å². The second-order valence-electron chi connectivity index (χ2n) is 7.86. The van der Waals surface area contributed by atoms with Crippen molar-refractivity contribution in [2.45, 2.75) is 13.0 Å². The van der Waals surface area contributed by atoms with Crippen molar-refractivity contribution in [3.05, 3.63) is 113 Å². The highest BCUT2D eigenvalue weighted by atomic mass is 32.2. The van der Waals surface area contributed by atoms with Crippen LogP contribution in [0.5, 0.6) is 0 Å². The SMILES string of the molecule is C[C@H](c1ccccc1)N1C(=O)/C(=C\c2cn(-c3ccccc3)nc2-c2ccc(F)cc2)SC1=S. The molecular formula is C27H20FN3OS2. The highest BCUT2D eigenvalue weighted by Gasteiger charge is 2.36. The van der Waals surface area contributed by atoms with E-state index in [9.17, 15) is 9.18 Å². The van der Waals surface area contributed by atoms with Gasteiger partial charge in [-0.2, -0.15) is 5.10 Å². The first-order valence-corrected chi connectivity index (χ1v) is 12.0. The average Bonchev–Trinajstić information content (AvgIpc) is 3.41. The molecule has 3 aromatic carbocycles. The van der Waals surface area contributed by atoms with Crippen LogP contribution >= 0.6 is 24.0 Å². The molecule has 1 fully saturated rings. The molecule has 0 N–H and O–H groups in total. The van der Waals surface area contributed by atoms with Gasteiger partial charge in [0.15, 0.2) is 0 Å². The van der Waals surface area contributed by atoms with Crippen molar-refractivity contribution < 1.29 is 9.18 Å². The van der Waals surface area contributed by atoms with Crippen molar-refractivity contribution in [2.24, 2.45) is 0 Å². The van der Waals surface area contributed by atoms with E-state index < -0.39 is 0 Å². The Kier molecular flexibility index (Phi) is 6.13. The fraction of sp³-hybridized carbons (Fsp3) is 0.0741. The lowest BCUT2D eigenvalue weighted by Crippen LogP contribution is -2.30. The summed E-state index contributed by atoms with van der Waals surface area (Å²) in [6.07, 6.45) is 3.70. The quantitative estimate of drug-likeness (QED) is 0.235. The lowest BCUT2D eigenvalue weighted by atomic mass is 10.1. The first kappa shape index (κ1) is 22.3. The zero-order valence-corrected chi connectivity index (χ0v) is 19.9. The van der Waals surface area contributed by atoms with E-state index in [4.69, 9.17) is 17.3 Å². The predicted molar refractivity (Wildman–Crippen MR) is 139 cm³/mol. The maximum Gasteiger partial charge on any atom is 0.266 e. The molecule has 1 aliphatic rings. The van der Waals surface area contributed by atoms with Gasteiger partial charge in [0.1, 0.15) is 10.1 Å². The molecule has 0 saturated carbocycles. The Balaban J connectivity index is 1.54. The van der Waals surface area contributed by atoms with Gasteiger partial charge in [0.2, 0.25) is 0 Å². The smallest absolute Gasteiger partial charge is 0.266 e. The Morgan fingerprint density at radius 2 is 1.62 bits per heavy atom. The van der Waals surface area contributed by atoms with Gasteiger partial charge in [0.05, 0.1) is 22.3 Å². The third-order valence-electron chi connectivity index (χ3n) is 5.66. The van der Waals surface area contributed by atoms with Gasteiger partial charge in [-0.25, -0.2) is 9.07 Å². The van der Waals surface area contributed by atoms with Crippen molar-refractivity contribution in [3.63, 3.8) is 0 Å². The van der Waals surface area contributed by atoms with Gasteiger partial charge in [-0.1, -0.05) is 72.5 Å². The zero-order valence-electron chi connectivity index (χ0n) is 18.3. The van der Waals surface area contributed by atoms with Crippen molar-refractivity contribution in [3.8, 4) is 16.9 Å². The standard InChI is InChI=1S/C27H20FN3OS2/c1-18(19-8-4-2-5-9-19)31-26(32)24(34-27(31)33)16-21-17-30(23-10-6-3-7-11-23)29-25(21)20-12-14-22(28)15-13-20/h2-18H,1H3/b24-16+/t18-/m1/s1. The molecule has 0 radical (unpaired) electrons. The molecule has 1 saturated heterocycles. The minimum absolute atomic E-state index is 0.135. The molecule has 2 heterocycles. The van der Waals surface area contributed by atoms with Crippen LogP contribution in [0.25, 0.3) is 23.0 Å². The number of hydrogen-bond donors (Lipinski definition) is 0. The lowest BCUT2D eigenvalue weighted by molar-refractivity contribution is -0.123. The van der Waals surface area contributed by atoms with Gasteiger partial charge in [0.25, 0.3) is 5.91 Å². The number of aromatic nitrogens is 2. The summed E-state index contributed by atoms with van der Waals surface area (Å²) in [5.74, 6) is -0.451. The third-order valence-corrected chi connectivity index (χ3v) is 6.99. The fourth-order valence-electron chi connectivity index (χ4n) is 3.87. The van der Waals surface area contributed by atoms with Crippen LogP contribution in [0.1, 0.15) is 24.1 Å². The largest absolute Gasteiger partial charge is 0.286 e. The Bertz CT molecular complexity index is 1380. The topological polar surface area (TPSA) is 38.1 Å². The van der Waals surface area contributed by atoms with Crippen LogP contribution in [-0.2, 0) is 4.79 Å². The van der Waals surface area contributed by atoms with Gasteiger partial charge < -0.3 is 0 Å². The summed E-state index contributed by atoms with van der Waals surface area (Å²) < 4.78 is 15.8. The molecule has 0 bridgehead atoms. The van der Waals surface area contributed by atoms with Gasteiger partial charge in [-0.3, -0.25) is 9.69 Å². The second-order valence-corrected chi connectivity index (χ2v) is 9.53.